The van der Waals surface area contributed by atoms with Crippen LogP contribution in [0, 0.1) is 17.0 Å². The van der Waals surface area contributed by atoms with Crippen LogP contribution >= 0.6 is 38.9 Å². The molecule has 4 nitrogen and oxygen atoms in total. The minimum Gasteiger partial charge on any atom is -0.308 e. The standard InChI is InChI=1S/C13H12BrClN2O2S/c1-8-9(3-2-4-12(8)17(18)19)6-16-7-10-5-11(14)13(15)20-10/h2-5,16H,6-7H2,1H3. The first-order chi connectivity index (χ1) is 9.49. The Hall–Kier alpha value is -0.950. The lowest BCUT2D eigenvalue weighted by Crippen LogP contribution is -2.13. The number of hydrogen-bond donors (Lipinski definition) is 1. The molecule has 0 fully saturated rings. The molecule has 20 heavy (non-hydrogen) atoms. The maximum absolute atomic E-state index is 10.9. The van der Waals surface area contributed by atoms with E-state index in [9.17, 15) is 10.1 Å². The zero-order valence-electron chi connectivity index (χ0n) is 10.7. The van der Waals surface area contributed by atoms with Gasteiger partial charge < -0.3 is 5.32 Å². The highest BCUT2D eigenvalue weighted by Gasteiger charge is 2.12. The van der Waals surface area contributed by atoms with E-state index >= 15 is 0 Å². The number of nitrogens with one attached hydrogen (secondary N) is 1. The van der Waals surface area contributed by atoms with Crippen LogP contribution in [0.5, 0.6) is 0 Å². The lowest BCUT2D eigenvalue weighted by atomic mass is 10.1. The quantitative estimate of drug-likeness (QED) is 0.610. The molecule has 0 aliphatic carbocycles. The second-order valence-electron chi connectivity index (χ2n) is 4.26. The van der Waals surface area contributed by atoms with Crippen molar-refractivity contribution in [2.45, 2.75) is 20.0 Å². The molecule has 2 aromatic rings. The van der Waals surface area contributed by atoms with Crippen molar-refractivity contribution in [3.05, 3.63) is 59.2 Å². The van der Waals surface area contributed by atoms with E-state index in [1.54, 1.807) is 13.0 Å². The lowest BCUT2D eigenvalue weighted by molar-refractivity contribution is -0.385. The van der Waals surface area contributed by atoms with Crippen molar-refractivity contribution in [1.82, 2.24) is 5.32 Å². The number of hydrogen-bond acceptors (Lipinski definition) is 4. The second kappa shape index (κ2) is 6.67. The van der Waals surface area contributed by atoms with Gasteiger partial charge in [-0.25, -0.2) is 0 Å². The van der Waals surface area contributed by atoms with Gasteiger partial charge in [0.1, 0.15) is 4.34 Å². The van der Waals surface area contributed by atoms with Crippen molar-refractivity contribution in [2.24, 2.45) is 0 Å². The van der Waals surface area contributed by atoms with E-state index in [4.69, 9.17) is 11.6 Å². The summed E-state index contributed by atoms with van der Waals surface area (Å²) in [5, 5.41) is 14.2. The van der Waals surface area contributed by atoms with Crippen molar-refractivity contribution in [1.29, 1.82) is 0 Å². The molecule has 0 aliphatic rings. The molecule has 0 bridgehead atoms. The van der Waals surface area contributed by atoms with E-state index in [0.717, 1.165) is 19.2 Å². The molecule has 0 atom stereocenters. The maximum Gasteiger partial charge on any atom is 0.272 e. The van der Waals surface area contributed by atoms with Crippen molar-refractivity contribution in [3.63, 3.8) is 0 Å². The first-order valence-electron chi connectivity index (χ1n) is 5.86. The number of halogens is 2. The van der Waals surface area contributed by atoms with Crippen LogP contribution in [0.25, 0.3) is 0 Å². The van der Waals surface area contributed by atoms with Crippen molar-refractivity contribution in [2.75, 3.05) is 0 Å². The molecule has 1 N–H and O–H groups in total. The molecular weight excluding hydrogens is 364 g/mol. The Bertz CT molecular complexity index is 626. The Kier molecular flexibility index (Phi) is 5.15. The minimum absolute atomic E-state index is 0.159. The molecule has 0 saturated carbocycles. The molecule has 0 amide bonds. The summed E-state index contributed by atoms with van der Waals surface area (Å²) in [6, 6.07) is 7.10. The van der Waals surface area contributed by atoms with Crippen molar-refractivity contribution < 1.29 is 4.92 Å². The van der Waals surface area contributed by atoms with Crippen molar-refractivity contribution in [3.8, 4) is 0 Å². The fourth-order valence-electron chi connectivity index (χ4n) is 1.86. The predicted octanol–water partition coefficient (Wildman–Crippen LogP) is 4.67. The van der Waals surface area contributed by atoms with E-state index in [1.165, 1.54) is 17.4 Å². The monoisotopic (exact) mass is 374 g/mol. The summed E-state index contributed by atoms with van der Waals surface area (Å²) in [6.45, 7) is 3.03. The van der Waals surface area contributed by atoms with Gasteiger partial charge in [-0.05, 0) is 34.5 Å². The molecule has 1 aromatic carbocycles. The number of nitro benzene ring substituents is 1. The van der Waals surface area contributed by atoms with Gasteiger partial charge >= 0.3 is 0 Å². The Morgan fingerprint density at radius 3 is 2.80 bits per heavy atom. The summed E-state index contributed by atoms with van der Waals surface area (Å²) >= 11 is 10.9. The molecule has 1 aromatic heterocycles. The molecule has 0 spiro atoms. The lowest BCUT2D eigenvalue weighted by Gasteiger charge is -2.07. The Labute approximate surface area is 134 Å². The number of thiophene rings is 1. The summed E-state index contributed by atoms with van der Waals surface area (Å²) in [5.41, 5.74) is 1.79. The van der Waals surface area contributed by atoms with Gasteiger partial charge in [-0.3, -0.25) is 10.1 Å². The van der Waals surface area contributed by atoms with E-state index in [0.29, 0.717) is 18.7 Å². The van der Waals surface area contributed by atoms with Crippen LogP contribution in [0.15, 0.2) is 28.7 Å². The third-order valence-electron chi connectivity index (χ3n) is 2.92. The highest BCUT2D eigenvalue weighted by Crippen LogP contribution is 2.31. The molecule has 0 aliphatic heterocycles. The summed E-state index contributed by atoms with van der Waals surface area (Å²) in [7, 11) is 0. The van der Waals surface area contributed by atoms with Crippen molar-refractivity contribution >= 4 is 44.6 Å². The van der Waals surface area contributed by atoms with Gasteiger partial charge in [-0.1, -0.05) is 23.7 Å². The molecule has 0 radical (unpaired) electrons. The van der Waals surface area contributed by atoms with E-state index in [1.807, 2.05) is 12.1 Å². The average molecular weight is 376 g/mol. The third-order valence-corrected chi connectivity index (χ3v) is 5.40. The zero-order chi connectivity index (χ0) is 14.7. The average Bonchev–Trinajstić information content (AvgIpc) is 2.70. The van der Waals surface area contributed by atoms with Crippen LogP contribution in [0.2, 0.25) is 4.34 Å². The molecule has 7 heteroatoms. The van der Waals surface area contributed by atoms with Crippen LogP contribution in [-0.4, -0.2) is 4.92 Å². The Morgan fingerprint density at radius 1 is 1.45 bits per heavy atom. The first kappa shape index (κ1) is 15.4. The van der Waals surface area contributed by atoms with Gasteiger partial charge in [0.25, 0.3) is 5.69 Å². The van der Waals surface area contributed by atoms with Crippen LogP contribution in [-0.2, 0) is 13.1 Å². The largest absolute Gasteiger partial charge is 0.308 e. The number of benzene rings is 1. The number of nitrogens with zero attached hydrogens (tertiary/aromatic N) is 1. The fourth-order valence-corrected chi connectivity index (χ4v) is 3.62. The summed E-state index contributed by atoms with van der Waals surface area (Å²) < 4.78 is 1.63. The van der Waals surface area contributed by atoms with Crippen LogP contribution in [0.4, 0.5) is 5.69 Å². The number of nitro groups is 1. The Morgan fingerprint density at radius 2 is 2.20 bits per heavy atom. The van der Waals surface area contributed by atoms with E-state index in [-0.39, 0.29) is 10.6 Å². The van der Waals surface area contributed by atoms with Gasteiger partial charge in [0, 0.05) is 34.1 Å². The smallest absolute Gasteiger partial charge is 0.272 e. The van der Waals surface area contributed by atoms with Gasteiger partial charge in [-0.15, -0.1) is 11.3 Å². The molecule has 106 valence electrons. The van der Waals surface area contributed by atoms with Crippen LogP contribution in [0.3, 0.4) is 0 Å². The van der Waals surface area contributed by atoms with Gasteiger partial charge in [0.2, 0.25) is 0 Å². The fraction of sp³-hybridized carbons (Fsp3) is 0.231. The molecule has 1 heterocycles. The third kappa shape index (κ3) is 3.58. The SMILES string of the molecule is Cc1c(CNCc2cc(Br)c(Cl)s2)cccc1[N+](=O)[O-]. The zero-order valence-corrected chi connectivity index (χ0v) is 13.8. The van der Waals surface area contributed by atoms with Gasteiger partial charge in [-0.2, -0.15) is 0 Å². The molecule has 0 saturated heterocycles. The summed E-state index contributed by atoms with van der Waals surface area (Å²) in [6.07, 6.45) is 0. The first-order valence-corrected chi connectivity index (χ1v) is 7.85. The van der Waals surface area contributed by atoms with E-state index in [2.05, 4.69) is 21.2 Å². The van der Waals surface area contributed by atoms with Gasteiger partial charge in [0.05, 0.1) is 4.92 Å². The second-order valence-corrected chi connectivity index (χ2v) is 6.85. The highest BCUT2D eigenvalue weighted by atomic mass is 79.9. The molecule has 0 unspecified atom stereocenters. The summed E-state index contributed by atoms with van der Waals surface area (Å²) in [4.78, 5) is 11.6. The topological polar surface area (TPSA) is 55.2 Å². The van der Waals surface area contributed by atoms with Gasteiger partial charge in [0.15, 0.2) is 0 Å². The van der Waals surface area contributed by atoms with E-state index < -0.39 is 0 Å². The Balaban J connectivity index is 2.01. The molecular formula is C13H12BrClN2O2S. The minimum atomic E-state index is -0.352. The van der Waals surface area contributed by atoms with Crippen LogP contribution in [0.1, 0.15) is 16.0 Å². The highest BCUT2D eigenvalue weighted by molar-refractivity contribution is 9.10. The van der Waals surface area contributed by atoms with Crippen LogP contribution < -0.4 is 5.32 Å². The summed E-state index contributed by atoms with van der Waals surface area (Å²) in [5.74, 6) is 0. The normalized spacial score (nSPS) is 10.8. The predicted molar refractivity (Wildman–Crippen MR) is 85.4 cm³/mol. The molecule has 2 rings (SSSR count). The maximum atomic E-state index is 10.9. The number of rotatable bonds is 5.